The van der Waals surface area contributed by atoms with Gasteiger partial charge in [0.05, 0.1) is 0 Å². The molecule has 0 atom stereocenters. The Balaban J connectivity index is 0. The third kappa shape index (κ3) is 22.1. The van der Waals surface area contributed by atoms with Gasteiger partial charge in [0.1, 0.15) is 0 Å². The van der Waals surface area contributed by atoms with Crippen LogP contribution in [0.1, 0.15) is 96.8 Å². The fraction of sp³-hybridized carbons (Fsp3) is 0.833. The molecule has 0 aromatic carbocycles. The van der Waals surface area contributed by atoms with E-state index in [0.29, 0.717) is 0 Å². The molecule has 0 spiro atoms. The molecular weight excluding hydrogens is 307 g/mol. The third-order valence-electron chi connectivity index (χ3n) is 3.64. The third-order valence-corrected chi connectivity index (χ3v) is 3.64. The first-order valence-corrected chi connectivity index (χ1v) is 8.62. The molecule has 21 heavy (non-hydrogen) atoms. The van der Waals surface area contributed by atoms with Crippen LogP contribution in [0.2, 0.25) is 0 Å². The van der Waals surface area contributed by atoms with E-state index in [1.807, 2.05) is 0 Å². The molecule has 2 nitrogen and oxygen atoms in total. The van der Waals surface area contributed by atoms with Crippen molar-refractivity contribution in [1.29, 1.82) is 0 Å². The van der Waals surface area contributed by atoms with Crippen LogP contribution in [-0.4, -0.2) is 5.97 Å². The summed E-state index contributed by atoms with van der Waals surface area (Å²) in [6.45, 7) is 2.26. The molecule has 125 valence electrons. The van der Waals surface area contributed by atoms with Gasteiger partial charge >= 0.3 is 16.8 Å². The number of unbranched alkanes of at least 4 members (excludes halogenated alkanes) is 11. The number of carboxylic acid groups (broad SMARTS) is 1. The minimum atomic E-state index is -0.914. The minimum absolute atomic E-state index is 0. The fourth-order valence-corrected chi connectivity index (χ4v) is 2.34. The Hall–Kier alpha value is -0.284. The Bertz CT molecular complexity index is 239. The van der Waals surface area contributed by atoms with Crippen molar-refractivity contribution in [2.24, 2.45) is 0 Å². The second kappa shape index (κ2) is 19.7. The van der Waals surface area contributed by atoms with E-state index in [1.54, 1.807) is 0 Å². The second-order valence-electron chi connectivity index (χ2n) is 5.71. The molecule has 0 saturated heterocycles. The van der Waals surface area contributed by atoms with Gasteiger partial charge in [-0.3, -0.25) is 0 Å². The van der Waals surface area contributed by atoms with Crippen LogP contribution >= 0.6 is 0 Å². The molecule has 0 saturated carbocycles. The molecule has 0 fully saturated rings. The average Bonchev–Trinajstić information content (AvgIpc) is 2.43. The number of hydrogen-bond acceptors (Lipinski definition) is 2. The van der Waals surface area contributed by atoms with Crippen molar-refractivity contribution >= 4 is 5.97 Å². The summed E-state index contributed by atoms with van der Waals surface area (Å²) >= 11 is 0. The zero-order valence-corrected chi connectivity index (χ0v) is 14.7. The van der Waals surface area contributed by atoms with Crippen molar-refractivity contribution in [3.05, 3.63) is 12.2 Å². The number of hydrogen-bond donors (Lipinski definition) is 0. The van der Waals surface area contributed by atoms with Crippen molar-refractivity contribution < 1.29 is 26.7 Å². The SMILES string of the molecule is CCCCCCCC/C=C\CCCCCCCC(=O)[O-].[Co+2]. The quantitative estimate of drug-likeness (QED) is 0.318. The van der Waals surface area contributed by atoms with Crippen LogP contribution < -0.4 is 5.11 Å². The Morgan fingerprint density at radius 3 is 1.67 bits per heavy atom. The molecule has 0 rings (SSSR count). The first-order chi connectivity index (χ1) is 9.77. The summed E-state index contributed by atoms with van der Waals surface area (Å²) in [6, 6.07) is 0. The van der Waals surface area contributed by atoms with Crippen molar-refractivity contribution in [1.82, 2.24) is 0 Å². The Labute approximate surface area is 142 Å². The number of carbonyl (C=O) groups excluding carboxylic acids is 1. The standard InChI is InChI=1S/C18H34O2.Co/c1-2-3-4-5-6-7-8-9-10-11-12-13-14-15-16-17-18(19)20;/h9-10H,2-8,11-17H2,1H3,(H,19,20);/q;+2/p-1/b10-9-;. The van der Waals surface area contributed by atoms with Crippen LogP contribution in [0, 0.1) is 0 Å². The van der Waals surface area contributed by atoms with Crippen molar-refractivity contribution in [2.75, 3.05) is 0 Å². The summed E-state index contributed by atoms with van der Waals surface area (Å²) in [7, 11) is 0. The van der Waals surface area contributed by atoms with Crippen molar-refractivity contribution in [3.63, 3.8) is 0 Å². The maximum atomic E-state index is 10.2. The Kier molecular flexibility index (Phi) is 21.6. The smallest absolute Gasteiger partial charge is 0.550 e. The maximum absolute atomic E-state index is 10.2. The van der Waals surface area contributed by atoms with E-state index in [2.05, 4.69) is 19.1 Å². The van der Waals surface area contributed by atoms with Gasteiger partial charge in [0.25, 0.3) is 0 Å². The molecular formula is C18H33CoO2+. The second-order valence-corrected chi connectivity index (χ2v) is 5.71. The van der Waals surface area contributed by atoms with E-state index in [1.165, 1.54) is 64.2 Å². The van der Waals surface area contributed by atoms with E-state index in [0.717, 1.165) is 19.3 Å². The van der Waals surface area contributed by atoms with E-state index in [9.17, 15) is 9.90 Å². The zero-order valence-electron chi connectivity index (χ0n) is 13.7. The molecule has 0 heterocycles. The zero-order chi connectivity index (χ0) is 14.9. The molecule has 3 heteroatoms. The van der Waals surface area contributed by atoms with Gasteiger partial charge < -0.3 is 9.90 Å². The van der Waals surface area contributed by atoms with Gasteiger partial charge in [-0.1, -0.05) is 70.4 Å². The first-order valence-electron chi connectivity index (χ1n) is 8.62. The van der Waals surface area contributed by atoms with Crippen LogP contribution in [0.15, 0.2) is 12.2 Å². The van der Waals surface area contributed by atoms with Crippen LogP contribution in [0.3, 0.4) is 0 Å². The van der Waals surface area contributed by atoms with Gasteiger partial charge in [0, 0.05) is 5.97 Å². The van der Waals surface area contributed by atoms with E-state index >= 15 is 0 Å². The summed E-state index contributed by atoms with van der Waals surface area (Å²) in [5, 5.41) is 10.2. The fourth-order valence-electron chi connectivity index (χ4n) is 2.34. The van der Waals surface area contributed by atoms with E-state index in [4.69, 9.17) is 0 Å². The molecule has 0 aromatic rings. The van der Waals surface area contributed by atoms with Gasteiger partial charge in [-0.2, -0.15) is 0 Å². The molecule has 0 aliphatic rings. The molecule has 0 unspecified atom stereocenters. The van der Waals surface area contributed by atoms with E-state index in [-0.39, 0.29) is 23.2 Å². The summed E-state index contributed by atoms with van der Waals surface area (Å²) in [5.41, 5.74) is 0. The number of carbonyl (C=O) groups is 1. The topological polar surface area (TPSA) is 40.1 Å². The first kappa shape index (κ1) is 23.0. The average molecular weight is 340 g/mol. The monoisotopic (exact) mass is 340 g/mol. The minimum Gasteiger partial charge on any atom is -0.550 e. The van der Waals surface area contributed by atoms with Crippen molar-refractivity contribution in [3.8, 4) is 0 Å². The molecule has 0 N–H and O–H groups in total. The van der Waals surface area contributed by atoms with Crippen LogP contribution in [0.4, 0.5) is 0 Å². The van der Waals surface area contributed by atoms with Gasteiger partial charge in [-0.25, -0.2) is 0 Å². The summed E-state index contributed by atoms with van der Waals surface area (Å²) in [5.74, 6) is -0.914. The molecule has 0 aliphatic carbocycles. The van der Waals surface area contributed by atoms with Gasteiger partial charge in [-0.05, 0) is 38.5 Å². The molecule has 0 amide bonds. The van der Waals surface area contributed by atoms with Gasteiger partial charge in [-0.15, -0.1) is 0 Å². The molecule has 0 aliphatic heterocycles. The summed E-state index contributed by atoms with van der Waals surface area (Å²) in [6.07, 6.45) is 20.9. The van der Waals surface area contributed by atoms with Crippen LogP contribution in [0.25, 0.3) is 0 Å². The summed E-state index contributed by atoms with van der Waals surface area (Å²) < 4.78 is 0. The van der Waals surface area contributed by atoms with Gasteiger partial charge in [0.2, 0.25) is 0 Å². The normalized spacial score (nSPS) is 10.7. The molecule has 0 bridgehead atoms. The molecule has 1 radical (unpaired) electrons. The molecule has 0 aromatic heterocycles. The van der Waals surface area contributed by atoms with Crippen LogP contribution in [0.5, 0.6) is 0 Å². The predicted octanol–water partition coefficient (Wildman–Crippen LogP) is 4.77. The number of allylic oxidation sites excluding steroid dienone is 2. The van der Waals surface area contributed by atoms with Crippen molar-refractivity contribution in [2.45, 2.75) is 96.8 Å². The predicted molar refractivity (Wildman–Crippen MR) is 84.5 cm³/mol. The van der Waals surface area contributed by atoms with Crippen LogP contribution in [-0.2, 0) is 21.6 Å². The maximum Gasteiger partial charge on any atom is 2.00 e. The number of aliphatic carboxylic acids is 1. The Morgan fingerprint density at radius 2 is 1.19 bits per heavy atom. The Morgan fingerprint density at radius 1 is 0.762 bits per heavy atom. The number of rotatable bonds is 15. The van der Waals surface area contributed by atoms with E-state index < -0.39 is 5.97 Å². The van der Waals surface area contributed by atoms with Gasteiger partial charge in [0.15, 0.2) is 0 Å². The summed E-state index contributed by atoms with van der Waals surface area (Å²) in [4.78, 5) is 10.2. The number of carboxylic acids is 1. The largest absolute Gasteiger partial charge is 2.00 e.